The maximum Gasteiger partial charge on any atom is 0.256 e. The second-order valence-corrected chi connectivity index (χ2v) is 6.88. The summed E-state index contributed by atoms with van der Waals surface area (Å²) >= 11 is 0. The highest BCUT2D eigenvalue weighted by molar-refractivity contribution is 7.89. The SMILES string of the molecule is NS(=O)(=O)c1cccc(NC(=O)c2ccccc2-c2cccnc2)c1. The Hall–Kier alpha value is -3.03. The number of rotatable bonds is 4. The van der Waals surface area contributed by atoms with Crippen molar-refractivity contribution in [2.24, 2.45) is 5.14 Å². The lowest BCUT2D eigenvalue weighted by Crippen LogP contribution is -2.15. The van der Waals surface area contributed by atoms with E-state index in [1.807, 2.05) is 18.2 Å². The molecule has 0 aliphatic rings. The summed E-state index contributed by atoms with van der Waals surface area (Å²) in [6, 6.07) is 16.6. The fraction of sp³-hybridized carbons (Fsp3) is 0. The van der Waals surface area contributed by atoms with Crippen LogP contribution in [0.3, 0.4) is 0 Å². The van der Waals surface area contributed by atoms with Crippen molar-refractivity contribution in [3.8, 4) is 11.1 Å². The van der Waals surface area contributed by atoms with Gasteiger partial charge < -0.3 is 5.32 Å². The maximum atomic E-state index is 12.7. The third kappa shape index (κ3) is 3.90. The highest BCUT2D eigenvalue weighted by atomic mass is 32.2. The first-order valence-electron chi connectivity index (χ1n) is 7.39. The van der Waals surface area contributed by atoms with Crippen LogP contribution < -0.4 is 10.5 Å². The van der Waals surface area contributed by atoms with Gasteiger partial charge in [-0.15, -0.1) is 0 Å². The van der Waals surface area contributed by atoms with Crippen molar-refractivity contribution in [3.05, 3.63) is 78.6 Å². The molecule has 0 fully saturated rings. The molecule has 1 aromatic heterocycles. The Kier molecular flexibility index (Phi) is 4.60. The van der Waals surface area contributed by atoms with E-state index in [1.54, 1.807) is 36.7 Å². The minimum Gasteiger partial charge on any atom is -0.322 e. The van der Waals surface area contributed by atoms with Gasteiger partial charge in [0.1, 0.15) is 0 Å². The van der Waals surface area contributed by atoms with Crippen molar-refractivity contribution >= 4 is 21.6 Å². The van der Waals surface area contributed by atoms with E-state index in [-0.39, 0.29) is 10.8 Å². The molecule has 3 aromatic rings. The minimum absolute atomic E-state index is 0.0640. The first-order valence-corrected chi connectivity index (χ1v) is 8.93. The molecule has 2 aromatic carbocycles. The van der Waals surface area contributed by atoms with Gasteiger partial charge in [-0.25, -0.2) is 13.6 Å². The molecule has 3 rings (SSSR count). The molecule has 3 N–H and O–H groups in total. The molecule has 0 atom stereocenters. The van der Waals surface area contributed by atoms with Crippen LogP contribution in [-0.4, -0.2) is 19.3 Å². The van der Waals surface area contributed by atoms with Gasteiger partial charge in [-0.3, -0.25) is 9.78 Å². The van der Waals surface area contributed by atoms with Gasteiger partial charge in [0.05, 0.1) is 4.90 Å². The van der Waals surface area contributed by atoms with Gasteiger partial charge in [0.15, 0.2) is 0 Å². The quantitative estimate of drug-likeness (QED) is 0.752. The molecule has 0 aliphatic heterocycles. The minimum atomic E-state index is -3.84. The van der Waals surface area contributed by atoms with Gasteiger partial charge in [0, 0.05) is 29.2 Å². The predicted octanol–water partition coefficient (Wildman–Crippen LogP) is 2.65. The second-order valence-electron chi connectivity index (χ2n) is 5.31. The molecule has 0 bridgehead atoms. The molecule has 0 spiro atoms. The average Bonchev–Trinajstić information content (AvgIpc) is 2.62. The maximum absolute atomic E-state index is 12.7. The number of sulfonamides is 1. The highest BCUT2D eigenvalue weighted by Crippen LogP contribution is 2.24. The normalized spacial score (nSPS) is 11.1. The zero-order valence-electron chi connectivity index (χ0n) is 13.1. The number of nitrogens with two attached hydrogens (primary N) is 1. The van der Waals surface area contributed by atoms with Crippen molar-refractivity contribution in [1.29, 1.82) is 0 Å². The molecule has 0 unspecified atom stereocenters. The number of hydrogen-bond donors (Lipinski definition) is 2. The number of pyridine rings is 1. The number of hydrogen-bond acceptors (Lipinski definition) is 4. The van der Waals surface area contributed by atoms with Gasteiger partial charge in [-0.05, 0) is 35.9 Å². The van der Waals surface area contributed by atoms with E-state index in [4.69, 9.17) is 5.14 Å². The molecule has 25 heavy (non-hydrogen) atoms. The predicted molar refractivity (Wildman–Crippen MR) is 95.4 cm³/mol. The molecule has 1 heterocycles. The van der Waals surface area contributed by atoms with Gasteiger partial charge in [-0.2, -0.15) is 0 Å². The first kappa shape index (κ1) is 16.8. The molecule has 7 heteroatoms. The third-order valence-electron chi connectivity index (χ3n) is 3.56. The summed E-state index contributed by atoms with van der Waals surface area (Å²) in [6.07, 6.45) is 3.33. The molecular formula is C18H15N3O3S. The number of nitrogens with zero attached hydrogens (tertiary/aromatic N) is 1. The van der Waals surface area contributed by atoms with E-state index < -0.39 is 10.0 Å². The number of anilines is 1. The fourth-order valence-corrected chi connectivity index (χ4v) is 2.96. The average molecular weight is 353 g/mol. The monoisotopic (exact) mass is 353 g/mol. The molecule has 126 valence electrons. The van der Waals surface area contributed by atoms with Crippen molar-refractivity contribution < 1.29 is 13.2 Å². The number of amides is 1. The Bertz CT molecular complexity index is 1020. The second kappa shape index (κ2) is 6.84. The Labute approximate surface area is 145 Å². The highest BCUT2D eigenvalue weighted by Gasteiger charge is 2.14. The molecule has 0 saturated heterocycles. The Morgan fingerprint density at radius 3 is 2.52 bits per heavy atom. The third-order valence-corrected chi connectivity index (χ3v) is 4.48. The lowest BCUT2D eigenvalue weighted by atomic mass is 10.0. The first-order chi connectivity index (χ1) is 11.9. The lowest BCUT2D eigenvalue weighted by molar-refractivity contribution is 0.102. The largest absolute Gasteiger partial charge is 0.322 e. The van der Waals surface area contributed by atoms with Crippen LogP contribution >= 0.6 is 0 Å². The van der Waals surface area contributed by atoms with E-state index >= 15 is 0 Å². The van der Waals surface area contributed by atoms with Crippen molar-refractivity contribution in [3.63, 3.8) is 0 Å². The molecule has 1 amide bonds. The summed E-state index contributed by atoms with van der Waals surface area (Å²) in [4.78, 5) is 16.7. The molecule has 6 nitrogen and oxygen atoms in total. The van der Waals surface area contributed by atoms with E-state index in [9.17, 15) is 13.2 Å². The standard InChI is InChI=1S/C18H15N3O3S/c19-25(23,24)15-7-3-6-14(11-15)21-18(22)17-9-2-1-8-16(17)13-5-4-10-20-12-13/h1-12H,(H,21,22)(H2,19,23,24). The molecule has 0 radical (unpaired) electrons. The van der Waals surface area contributed by atoms with Crippen LogP contribution in [0.4, 0.5) is 5.69 Å². The molecule has 0 aliphatic carbocycles. The topological polar surface area (TPSA) is 102 Å². The van der Waals surface area contributed by atoms with Gasteiger partial charge in [0.25, 0.3) is 5.91 Å². The summed E-state index contributed by atoms with van der Waals surface area (Å²) in [6.45, 7) is 0. The zero-order chi connectivity index (χ0) is 17.9. The Morgan fingerprint density at radius 1 is 1.00 bits per heavy atom. The number of nitrogens with one attached hydrogen (secondary N) is 1. The molecule has 0 saturated carbocycles. The van der Waals surface area contributed by atoms with Gasteiger partial charge >= 0.3 is 0 Å². The summed E-state index contributed by atoms with van der Waals surface area (Å²) in [7, 11) is -3.84. The smallest absolute Gasteiger partial charge is 0.256 e. The summed E-state index contributed by atoms with van der Waals surface area (Å²) in [5.41, 5.74) is 2.34. The van der Waals surface area contributed by atoms with Crippen LogP contribution in [0.25, 0.3) is 11.1 Å². The summed E-state index contributed by atoms with van der Waals surface area (Å²) in [5, 5.41) is 7.82. The van der Waals surface area contributed by atoms with Crippen molar-refractivity contribution in [2.75, 3.05) is 5.32 Å². The lowest BCUT2D eigenvalue weighted by Gasteiger charge is -2.11. The van der Waals surface area contributed by atoms with Gasteiger partial charge in [-0.1, -0.05) is 30.3 Å². The summed E-state index contributed by atoms with van der Waals surface area (Å²) in [5.74, 6) is -0.356. The van der Waals surface area contributed by atoms with Crippen LogP contribution in [0.15, 0.2) is 78.0 Å². The number of carbonyl (C=O) groups excluding carboxylic acids is 1. The number of primary sulfonamides is 1. The van der Waals surface area contributed by atoms with Crippen LogP contribution in [0.5, 0.6) is 0 Å². The van der Waals surface area contributed by atoms with E-state index in [0.717, 1.165) is 11.1 Å². The molecular weight excluding hydrogens is 338 g/mol. The van der Waals surface area contributed by atoms with E-state index in [2.05, 4.69) is 10.3 Å². The Morgan fingerprint density at radius 2 is 1.80 bits per heavy atom. The Balaban J connectivity index is 1.93. The number of benzene rings is 2. The number of aromatic nitrogens is 1. The van der Waals surface area contributed by atoms with E-state index in [1.165, 1.54) is 18.2 Å². The zero-order valence-corrected chi connectivity index (χ0v) is 13.9. The number of carbonyl (C=O) groups is 1. The summed E-state index contributed by atoms with van der Waals surface area (Å²) < 4.78 is 22.9. The van der Waals surface area contributed by atoms with Crippen molar-refractivity contribution in [2.45, 2.75) is 4.90 Å². The fourth-order valence-electron chi connectivity index (χ4n) is 2.40. The van der Waals surface area contributed by atoms with Crippen LogP contribution in [0.1, 0.15) is 10.4 Å². The van der Waals surface area contributed by atoms with Crippen LogP contribution in [0.2, 0.25) is 0 Å². The van der Waals surface area contributed by atoms with Crippen LogP contribution in [-0.2, 0) is 10.0 Å². The van der Waals surface area contributed by atoms with Crippen molar-refractivity contribution in [1.82, 2.24) is 4.98 Å². The van der Waals surface area contributed by atoms with Gasteiger partial charge in [0.2, 0.25) is 10.0 Å². The van der Waals surface area contributed by atoms with E-state index in [0.29, 0.717) is 11.3 Å². The van der Waals surface area contributed by atoms with Crippen LogP contribution in [0, 0.1) is 0 Å².